The SMILES string of the molecule is O=C(C(=O)N1CCCN(C(=O)c2cc(Cc3n[nH]c(=O)c4c3CCCC4)ccc2F)CC1)C1CCCC1. The van der Waals surface area contributed by atoms with Gasteiger partial charge in [-0.15, -0.1) is 0 Å². The predicted molar refractivity (Wildman–Crippen MR) is 135 cm³/mol. The van der Waals surface area contributed by atoms with Crippen LogP contribution >= 0.6 is 0 Å². The molecule has 1 aliphatic heterocycles. The van der Waals surface area contributed by atoms with Gasteiger partial charge in [-0.3, -0.25) is 19.2 Å². The van der Waals surface area contributed by atoms with Crippen LogP contribution in [-0.2, 0) is 28.9 Å². The van der Waals surface area contributed by atoms with Crippen molar-refractivity contribution in [3.05, 3.63) is 62.3 Å². The number of H-pyrrole nitrogens is 1. The molecule has 1 N–H and O–H groups in total. The molecule has 2 fully saturated rings. The number of hydrogen-bond donors (Lipinski definition) is 1. The van der Waals surface area contributed by atoms with E-state index in [0.29, 0.717) is 25.9 Å². The third-order valence-electron chi connectivity index (χ3n) is 8.02. The van der Waals surface area contributed by atoms with Crippen LogP contribution in [0.5, 0.6) is 0 Å². The average molecular weight is 509 g/mol. The fourth-order valence-electron chi connectivity index (χ4n) is 5.93. The normalized spacial score (nSPS) is 18.4. The Morgan fingerprint density at radius 1 is 0.919 bits per heavy atom. The number of aromatic amines is 1. The van der Waals surface area contributed by atoms with E-state index in [1.807, 2.05) is 0 Å². The van der Waals surface area contributed by atoms with E-state index in [-0.39, 0.29) is 35.9 Å². The molecule has 1 saturated carbocycles. The summed E-state index contributed by atoms with van der Waals surface area (Å²) in [5.74, 6) is -1.96. The summed E-state index contributed by atoms with van der Waals surface area (Å²) < 4.78 is 14.8. The first-order chi connectivity index (χ1) is 17.9. The lowest BCUT2D eigenvalue weighted by atomic mass is 9.90. The van der Waals surface area contributed by atoms with Crippen molar-refractivity contribution in [2.24, 2.45) is 5.92 Å². The maximum Gasteiger partial charge on any atom is 0.290 e. The number of rotatable bonds is 5. The molecule has 1 aromatic heterocycles. The molecule has 0 radical (unpaired) electrons. The van der Waals surface area contributed by atoms with E-state index < -0.39 is 17.6 Å². The highest BCUT2D eigenvalue weighted by Crippen LogP contribution is 2.27. The Bertz CT molecular complexity index is 1270. The number of benzene rings is 1. The van der Waals surface area contributed by atoms with Gasteiger partial charge in [0.1, 0.15) is 5.82 Å². The van der Waals surface area contributed by atoms with Crippen LogP contribution < -0.4 is 5.56 Å². The topological polar surface area (TPSA) is 103 Å². The number of nitrogens with zero attached hydrogens (tertiary/aromatic N) is 3. The number of carbonyl (C=O) groups excluding carboxylic acids is 3. The minimum Gasteiger partial charge on any atom is -0.337 e. The standard InChI is InChI=1S/C28H33FN4O4/c29-23-11-10-18(17-24-20-8-3-4-9-21(20)26(35)31-30-24)16-22(23)27(36)32-12-5-13-33(15-14-32)28(37)25(34)19-6-1-2-7-19/h10-11,16,19H,1-9,12-15,17H2,(H,31,35). The maximum absolute atomic E-state index is 14.8. The van der Waals surface area contributed by atoms with E-state index in [1.165, 1.54) is 6.07 Å². The molecule has 5 rings (SSSR count). The average Bonchev–Trinajstić information content (AvgIpc) is 3.35. The molecule has 2 heterocycles. The first-order valence-corrected chi connectivity index (χ1v) is 13.4. The lowest BCUT2D eigenvalue weighted by molar-refractivity contribution is -0.146. The van der Waals surface area contributed by atoms with E-state index in [1.54, 1.807) is 21.9 Å². The summed E-state index contributed by atoms with van der Waals surface area (Å²) in [7, 11) is 0. The zero-order valence-electron chi connectivity index (χ0n) is 21.1. The Morgan fingerprint density at radius 2 is 1.62 bits per heavy atom. The quantitative estimate of drug-likeness (QED) is 0.626. The summed E-state index contributed by atoms with van der Waals surface area (Å²) in [5, 5.41) is 6.85. The molecule has 0 bridgehead atoms. The van der Waals surface area contributed by atoms with Crippen molar-refractivity contribution in [1.29, 1.82) is 0 Å². The molecule has 9 heteroatoms. The Labute approximate surface area is 215 Å². The monoisotopic (exact) mass is 508 g/mol. The van der Waals surface area contributed by atoms with Crippen molar-refractivity contribution in [2.75, 3.05) is 26.2 Å². The van der Waals surface area contributed by atoms with Gasteiger partial charge in [-0.1, -0.05) is 18.9 Å². The lowest BCUT2D eigenvalue weighted by Gasteiger charge is -2.23. The number of ketones is 1. The van der Waals surface area contributed by atoms with Crippen LogP contribution in [0, 0.1) is 11.7 Å². The minimum absolute atomic E-state index is 0.0161. The highest BCUT2D eigenvalue weighted by atomic mass is 19.1. The van der Waals surface area contributed by atoms with E-state index in [0.717, 1.165) is 73.8 Å². The van der Waals surface area contributed by atoms with Crippen LogP contribution in [0.25, 0.3) is 0 Å². The number of amides is 2. The summed E-state index contributed by atoms with van der Waals surface area (Å²) >= 11 is 0. The molecule has 1 aromatic carbocycles. The largest absolute Gasteiger partial charge is 0.337 e. The molecule has 2 amide bonds. The lowest BCUT2D eigenvalue weighted by Crippen LogP contribution is -2.42. The number of carbonyl (C=O) groups is 3. The Hall–Kier alpha value is -3.36. The van der Waals surface area contributed by atoms with E-state index >= 15 is 0 Å². The van der Waals surface area contributed by atoms with Crippen LogP contribution in [0.3, 0.4) is 0 Å². The van der Waals surface area contributed by atoms with Crippen molar-refractivity contribution >= 4 is 17.6 Å². The number of halogens is 1. The van der Waals surface area contributed by atoms with Crippen LogP contribution in [0.15, 0.2) is 23.0 Å². The first-order valence-electron chi connectivity index (χ1n) is 13.4. The number of Topliss-reactive ketones (excluding diaryl/α,β-unsaturated/α-hetero) is 1. The maximum atomic E-state index is 14.8. The zero-order valence-corrected chi connectivity index (χ0v) is 21.1. The second kappa shape index (κ2) is 10.9. The van der Waals surface area contributed by atoms with Gasteiger partial charge in [-0.25, -0.2) is 9.49 Å². The van der Waals surface area contributed by atoms with Gasteiger partial charge in [0.2, 0.25) is 5.78 Å². The van der Waals surface area contributed by atoms with Gasteiger partial charge in [0.25, 0.3) is 17.4 Å². The van der Waals surface area contributed by atoms with Gasteiger partial charge in [-0.05, 0) is 68.2 Å². The van der Waals surface area contributed by atoms with E-state index in [9.17, 15) is 23.6 Å². The van der Waals surface area contributed by atoms with Crippen molar-refractivity contribution in [3.63, 3.8) is 0 Å². The summed E-state index contributed by atoms with van der Waals surface area (Å²) in [5.41, 5.74) is 3.09. The third-order valence-corrected chi connectivity index (χ3v) is 8.02. The Kier molecular flexibility index (Phi) is 7.48. The summed E-state index contributed by atoms with van der Waals surface area (Å²) in [6.07, 6.45) is 7.94. The molecule has 3 aliphatic rings. The van der Waals surface area contributed by atoms with Crippen molar-refractivity contribution in [3.8, 4) is 0 Å². The molecule has 2 aliphatic carbocycles. The Balaban J connectivity index is 1.28. The molecule has 37 heavy (non-hydrogen) atoms. The first kappa shape index (κ1) is 25.3. The molecule has 8 nitrogen and oxygen atoms in total. The highest BCUT2D eigenvalue weighted by Gasteiger charge is 2.33. The summed E-state index contributed by atoms with van der Waals surface area (Å²) in [6.45, 7) is 1.31. The molecule has 2 aromatic rings. The van der Waals surface area contributed by atoms with E-state index in [4.69, 9.17) is 0 Å². The van der Waals surface area contributed by atoms with Gasteiger partial charge < -0.3 is 9.80 Å². The van der Waals surface area contributed by atoms with Crippen molar-refractivity contribution < 1.29 is 18.8 Å². The van der Waals surface area contributed by atoms with Gasteiger partial charge in [0, 0.05) is 44.1 Å². The molecular weight excluding hydrogens is 475 g/mol. The number of hydrogen-bond acceptors (Lipinski definition) is 5. The minimum atomic E-state index is -0.598. The molecule has 0 atom stereocenters. The van der Waals surface area contributed by atoms with E-state index in [2.05, 4.69) is 10.2 Å². The van der Waals surface area contributed by atoms with Gasteiger partial charge in [-0.2, -0.15) is 5.10 Å². The van der Waals surface area contributed by atoms with Crippen LogP contribution in [-0.4, -0.2) is 63.8 Å². The van der Waals surface area contributed by atoms with Gasteiger partial charge in [0.15, 0.2) is 0 Å². The number of aromatic nitrogens is 2. The van der Waals surface area contributed by atoms with Crippen LogP contribution in [0.4, 0.5) is 4.39 Å². The van der Waals surface area contributed by atoms with Gasteiger partial charge >= 0.3 is 0 Å². The molecule has 0 spiro atoms. The Morgan fingerprint density at radius 3 is 2.41 bits per heavy atom. The zero-order chi connectivity index (χ0) is 25.9. The summed E-state index contributed by atoms with van der Waals surface area (Å²) in [6, 6.07) is 4.51. The molecule has 1 saturated heterocycles. The third kappa shape index (κ3) is 5.36. The fourth-order valence-corrected chi connectivity index (χ4v) is 5.93. The van der Waals surface area contributed by atoms with Crippen molar-refractivity contribution in [1.82, 2.24) is 20.0 Å². The second-order valence-electron chi connectivity index (χ2n) is 10.4. The number of nitrogens with one attached hydrogen (secondary N) is 1. The van der Waals surface area contributed by atoms with Gasteiger partial charge in [0.05, 0.1) is 11.3 Å². The molecule has 196 valence electrons. The second-order valence-corrected chi connectivity index (χ2v) is 10.4. The highest BCUT2D eigenvalue weighted by molar-refractivity contribution is 6.36. The van der Waals surface area contributed by atoms with Crippen molar-refractivity contribution in [2.45, 2.75) is 64.2 Å². The molecule has 0 unspecified atom stereocenters. The fraction of sp³-hybridized carbons (Fsp3) is 0.536. The summed E-state index contributed by atoms with van der Waals surface area (Å²) in [4.78, 5) is 54.0. The predicted octanol–water partition coefficient (Wildman–Crippen LogP) is 2.81. The van der Waals surface area contributed by atoms with Crippen LogP contribution in [0.1, 0.15) is 77.7 Å². The number of fused-ring (bicyclic) bond motifs is 1. The van der Waals surface area contributed by atoms with Crippen LogP contribution in [0.2, 0.25) is 0 Å². The molecular formula is C28H33FN4O4. The smallest absolute Gasteiger partial charge is 0.290 e.